The van der Waals surface area contributed by atoms with E-state index in [2.05, 4.69) is 0 Å². The van der Waals surface area contributed by atoms with Crippen LogP contribution in [-0.2, 0) is 10.1 Å². The average Bonchev–Trinajstić information content (AvgIpc) is 1.62. The molecule has 4 heteroatoms. The van der Waals surface area contributed by atoms with Crippen LogP contribution in [0.1, 0.15) is 20.3 Å². The van der Waals surface area contributed by atoms with E-state index >= 15 is 0 Å². The van der Waals surface area contributed by atoms with E-state index in [0.717, 1.165) is 0 Å². The highest BCUT2D eigenvalue weighted by molar-refractivity contribution is 7.86. The summed E-state index contributed by atoms with van der Waals surface area (Å²) in [6.07, 6.45) is 0.457. The standard InChI is InChI=1S/C4H10O3S/c1-3-4(2)8(5,6)7/h4H,3H2,1-2H3,(H,5,6,7)/t4-/m1/s1. The molecule has 0 aromatic heterocycles. The fraction of sp³-hybridized carbons (Fsp3) is 1.00. The summed E-state index contributed by atoms with van der Waals surface area (Å²) >= 11 is 0. The molecule has 0 aliphatic heterocycles. The van der Waals surface area contributed by atoms with Gasteiger partial charge in [0, 0.05) is 0 Å². The van der Waals surface area contributed by atoms with E-state index in [1.54, 1.807) is 6.92 Å². The predicted molar refractivity (Wildman–Crippen MR) is 31.3 cm³/mol. The highest BCUT2D eigenvalue weighted by Crippen LogP contribution is 1.99. The molecule has 0 saturated carbocycles. The van der Waals surface area contributed by atoms with Crippen molar-refractivity contribution in [2.24, 2.45) is 0 Å². The molecule has 0 aliphatic rings. The van der Waals surface area contributed by atoms with Crippen molar-refractivity contribution in [2.45, 2.75) is 25.5 Å². The second kappa shape index (κ2) is 2.46. The minimum atomic E-state index is -3.75. The molecule has 0 saturated heterocycles. The van der Waals surface area contributed by atoms with Gasteiger partial charge in [-0.05, 0) is 13.3 Å². The Balaban J connectivity index is 4.04. The third kappa shape index (κ3) is 2.28. The first-order valence-electron chi connectivity index (χ1n) is 2.44. The zero-order valence-corrected chi connectivity index (χ0v) is 5.77. The quantitative estimate of drug-likeness (QED) is 0.571. The van der Waals surface area contributed by atoms with Crippen LogP contribution in [-0.4, -0.2) is 18.2 Å². The van der Waals surface area contributed by atoms with Crippen LogP contribution >= 0.6 is 0 Å². The molecular weight excluding hydrogens is 128 g/mol. The largest absolute Gasteiger partial charge is 0.285 e. The zero-order valence-electron chi connectivity index (χ0n) is 4.96. The van der Waals surface area contributed by atoms with Gasteiger partial charge in [-0.3, -0.25) is 4.55 Å². The van der Waals surface area contributed by atoms with Crippen LogP contribution in [0.25, 0.3) is 0 Å². The number of rotatable bonds is 2. The first kappa shape index (κ1) is 7.91. The Morgan fingerprint density at radius 1 is 1.62 bits per heavy atom. The van der Waals surface area contributed by atoms with E-state index in [4.69, 9.17) is 4.55 Å². The van der Waals surface area contributed by atoms with Crippen LogP contribution in [0.3, 0.4) is 0 Å². The molecule has 0 bridgehead atoms. The third-order valence-electron chi connectivity index (χ3n) is 1.08. The van der Waals surface area contributed by atoms with Crippen LogP contribution in [0.15, 0.2) is 0 Å². The Morgan fingerprint density at radius 3 is 2.00 bits per heavy atom. The zero-order chi connectivity index (χ0) is 6.78. The summed E-state index contributed by atoms with van der Waals surface area (Å²) in [7, 11) is -3.75. The van der Waals surface area contributed by atoms with Crippen molar-refractivity contribution in [3.63, 3.8) is 0 Å². The van der Waals surface area contributed by atoms with Gasteiger partial charge in [0.05, 0.1) is 5.25 Å². The van der Waals surface area contributed by atoms with E-state index in [9.17, 15) is 8.42 Å². The Labute approximate surface area is 49.5 Å². The molecule has 0 heterocycles. The lowest BCUT2D eigenvalue weighted by Crippen LogP contribution is -2.14. The monoisotopic (exact) mass is 138 g/mol. The molecule has 0 amide bonds. The minimum Gasteiger partial charge on any atom is -0.285 e. The van der Waals surface area contributed by atoms with Crippen molar-refractivity contribution in [1.29, 1.82) is 0 Å². The van der Waals surface area contributed by atoms with Gasteiger partial charge in [-0.1, -0.05) is 6.92 Å². The van der Waals surface area contributed by atoms with E-state index in [-0.39, 0.29) is 0 Å². The van der Waals surface area contributed by atoms with Gasteiger partial charge in [0.25, 0.3) is 10.1 Å². The molecule has 0 fully saturated rings. The molecule has 0 aromatic rings. The molecule has 0 rings (SSSR count). The first-order valence-corrected chi connectivity index (χ1v) is 3.95. The maximum Gasteiger partial charge on any atom is 0.267 e. The van der Waals surface area contributed by atoms with Gasteiger partial charge >= 0.3 is 0 Å². The van der Waals surface area contributed by atoms with E-state index < -0.39 is 15.4 Å². The summed E-state index contributed by atoms with van der Waals surface area (Å²) in [5.74, 6) is 0. The molecule has 0 spiro atoms. The second-order valence-corrected chi connectivity index (χ2v) is 3.57. The summed E-state index contributed by atoms with van der Waals surface area (Å²) in [5, 5.41) is -0.623. The van der Waals surface area contributed by atoms with E-state index in [1.807, 2.05) is 0 Å². The summed E-state index contributed by atoms with van der Waals surface area (Å²) in [6, 6.07) is 0. The van der Waals surface area contributed by atoms with E-state index in [1.165, 1.54) is 6.92 Å². The number of hydrogen-bond donors (Lipinski definition) is 1. The first-order chi connectivity index (χ1) is 3.48. The predicted octanol–water partition coefficient (Wildman–Crippen LogP) is 0.673. The molecule has 1 atom stereocenters. The fourth-order valence-corrected chi connectivity index (χ4v) is 0.632. The molecule has 50 valence electrons. The van der Waals surface area contributed by atoms with Gasteiger partial charge in [0.2, 0.25) is 0 Å². The number of hydrogen-bond acceptors (Lipinski definition) is 2. The molecule has 0 unspecified atom stereocenters. The lowest BCUT2D eigenvalue weighted by Gasteiger charge is -2.00. The molecule has 0 aromatic carbocycles. The lowest BCUT2D eigenvalue weighted by molar-refractivity contribution is 0.468. The molecule has 0 aliphatic carbocycles. The highest BCUT2D eigenvalue weighted by Gasteiger charge is 2.13. The maximum absolute atomic E-state index is 10.1. The molecule has 1 N–H and O–H groups in total. The summed E-state index contributed by atoms with van der Waals surface area (Å²) in [5.41, 5.74) is 0. The Hall–Kier alpha value is -0.0900. The average molecular weight is 138 g/mol. The summed E-state index contributed by atoms with van der Waals surface area (Å²) in [6.45, 7) is 3.17. The highest BCUT2D eigenvalue weighted by atomic mass is 32.2. The summed E-state index contributed by atoms with van der Waals surface area (Å²) < 4.78 is 28.5. The van der Waals surface area contributed by atoms with Crippen molar-refractivity contribution in [1.82, 2.24) is 0 Å². The Morgan fingerprint density at radius 2 is 2.00 bits per heavy atom. The van der Waals surface area contributed by atoms with Crippen LogP contribution in [0, 0.1) is 0 Å². The Bertz CT molecular complexity index is 147. The van der Waals surface area contributed by atoms with Gasteiger partial charge in [-0.15, -0.1) is 0 Å². The molecular formula is C4H10O3S. The van der Waals surface area contributed by atoms with Gasteiger partial charge in [0.15, 0.2) is 0 Å². The lowest BCUT2D eigenvalue weighted by atomic mass is 10.4. The third-order valence-corrected chi connectivity index (χ3v) is 2.43. The normalized spacial score (nSPS) is 15.9. The van der Waals surface area contributed by atoms with Crippen LogP contribution in [0.4, 0.5) is 0 Å². The summed E-state index contributed by atoms with van der Waals surface area (Å²) in [4.78, 5) is 0. The van der Waals surface area contributed by atoms with Crippen molar-refractivity contribution < 1.29 is 13.0 Å². The van der Waals surface area contributed by atoms with Gasteiger partial charge in [0.1, 0.15) is 0 Å². The van der Waals surface area contributed by atoms with Crippen molar-refractivity contribution in [2.75, 3.05) is 0 Å². The van der Waals surface area contributed by atoms with Crippen molar-refractivity contribution >= 4 is 10.1 Å². The smallest absolute Gasteiger partial charge is 0.267 e. The van der Waals surface area contributed by atoms with Gasteiger partial charge < -0.3 is 0 Å². The van der Waals surface area contributed by atoms with Crippen LogP contribution in [0.5, 0.6) is 0 Å². The second-order valence-electron chi connectivity index (χ2n) is 1.73. The van der Waals surface area contributed by atoms with Crippen LogP contribution < -0.4 is 0 Å². The van der Waals surface area contributed by atoms with Gasteiger partial charge in [-0.2, -0.15) is 8.42 Å². The Kier molecular flexibility index (Phi) is 2.43. The van der Waals surface area contributed by atoms with Crippen molar-refractivity contribution in [3.05, 3.63) is 0 Å². The molecule has 0 radical (unpaired) electrons. The molecule has 3 nitrogen and oxygen atoms in total. The van der Waals surface area contributed by atoms with E-state index in [0.29, 0.717) is 6.42 Å². The maximum atomic E-state index is 10.1. The topological polar surface area (TPSA) is 54.4 Å². The SMILES string of the molecule is CC[C@@H](C)S(=O)(=O)O. The van der Waals surface area contributed by atoms with Crippen LogP contribution in [0.2, 0.25) is 0 Å². The minimum absolute atomic E-state index is 0.457. The molecule has 8 heavy (non-hydrogen) atoms. The van der Waals surface area contributed by atoms with Gasteiger partial charge in [-0.25, -0.2) is 0 Å². The fourth-order valence-electron chi connectivity index (χ4n) is 0.211. The van der Waals surface area contributed by atoms with Crippen molar-refractivity contribution in [3.8, 4) is 0 Å².